The lowest BCUT2D eigenvalue weighted by molar-refractivity contribution is -0.0495. The van der Waals surface area contributed by atoms with Crippen molar-refractivity contribution in [3.63, 3.8) is 0 Å². The molecule has 6 heteroatoms. The molecule has 2 aromatic rings. The molecule has 0 aliphatic carbocycles. The van der Waals surface area contributed by atoms with Gasteiger partial charge in [-0.15, -0.1) is 0 Å². The fourth-order valence-electron chi connectivity index (χ4n) is 1.70. The fraction of sp³-hybridized carbons (Fsp3) is 0.357. The van der Waals surface area contributed by atoms with Gasteiger partial charge in [0.15, 0.2) is 5.76 Å². The van der Waals surface area contributed by atoms with Crippen molar-refractivity contribution in [2.24, 2.45) is 0 Å². The van der Waals surface area contributed by atoms with Gasteiger partial charge in [0.05, 0.1) is 11.3 Å². The second kappa shape index (κ2) is 6.47. The second-order valence-electron chi connectivity index (χ2n) is 4.59. The molecule has 0 atom stereocenters. The summed E-state index contributed by atoms with van der Waals surface area (Å²) in [6, 6.07) is 8.50. The second-order valence-corrected chi connectivity index (χ2v) is 4.59. The summed E-state index contributed by atoms with van der Waals surface area (Å²) in [5, 5.41) is 7.10. The zero-order valence-corrected chi connectivity index (χ0v) is 11.3. The van der Waals surface area contributed by atoms with Gasteiger partial charge >= 0.3 is 6.61 Å². The maximum absolute atomic E-state index is 12.4. The Labute approximate surface area is 115 Å². The van der Waals surface area contributed by atoms with E-state index in [9.17, 15) is 8.78 Å². The zero-order valence-electron chi connectivity index (χ0n) is 11.3. The van der Waals surface area contributed by atoms with Crippen molar-refractivity contribution >= 4 is 0 Å². The zero-order chi connectivity index (χ0) is 14.5. The van der Waals surface area contributed by atoms with E-state index >= 15 is 0 Å². The number of aromatic nitrogens is 1. The van der Waals surface area contributed by atoms with Crippen molar-refractivity contribution in [2.45, 2.75) is 33.0 Å². The lowest BCUT2D eigenvalue weighted by atomic mass is 10.1. The van der Waals surface area contributed by atoms with E-state index in [0.29, 0.717) is 29.6 Å². The molecular weight excluding hydrogens is 266 g/mol. The van der Waals surface area contributed by atoms with E-state index in [0.717, 1.165) is 0 Å². The molecule has 1 aromatic carbocycles. The minimum Gasteiger partial charge on any atom is -0.434 e. The first kappa shape index (κ1) is 14.5. The number of hydrogen-bond donors (Lipinski definition) is 1. The lowest BCUT2D eigenvalue weighted by Gasteiger charge is -2.07. The maximum Gasteiger partial charge on any atom is 0.387 e. The van der Waals surface area contributed by atoms with Gasteiger partial charge < -0.3 is 14.6 Å². The third-order valence-corrected chi connectivity index (χ3v) is 2.62. The molecular formula is C14H16F2N2O2. The molecule has 0 unspecified atom stereocenters. The number of rotatable bonds is 6. The molecule has 20 heavy (non-hydrogen) atoms. The molecule has 1 heterocycles. The molecule has 4 nitrogen and oxygen atoms in total. The molecule has 0 saturated heterocycles. The fourth-order valence-corrected chi connectivity index (χ4v) is 1.70. The molecule has 2 rings (SSSR count). The van der Waals surface area contributed by atoms with Gasteiger partial charge in [-0.2, -0.15) is 8.78 Å². The average Bonchev–Trinajstić information content (AvgIpc) is 2.85. The molecule has 108 valence electrons. The Bertz CT molecular complexity index is 556. The van der Waals surface area contributed by atoms with Crippen LogP contribution in [0.2, 0.25) is 0 Å². The molecule has 0 amide bonds. The largest absolute Gasteiger partial charge is 0.434 e. The molecule has 0 bridgehead atoms. The Hall–Kier alpha value is -1.95. The van der Waals surface area contributed by atoms with Gasteiger partial charge in [0.2, 0.25) is 0 Å². The van der Waals surface area contributed by atoms with Crippen molar-refractivity contribution in [1.82, 2.24) is 10.5 Å². The van der Waals surface area contributed by atoms with Gasteiger partial charge in [-0.1, -0.05) is 31.1 Å². The Kier molecular flexibility index (Phi) is 4.68. The maximum atomic E-state index is 12.4. The highest BCUT2D eigenvalue weighted by Gasteiger charge is 2.14. The molecule has 0 spiro atoms. The first-order valence-corrected chi connectivity index (χ1v) is 6.29. The van der Waals surface area contributed by atoms with Gasteiger partial charge in [0.1, 0.15) is 5.75 Å². The van der Waals surface area contributed by atoms with Gasteiger partial charge in [-0.25, -0.2) is 0 Å². The standard InChI is InChI=1S/C14H16F2N2O2/c1-9(2)17-8-10-7-13(20-18-10)11-5-3-4-6-12(11)19-14(15)16/h3-7,9,14,17H,8H2,1-2H3. The van der Waals surface area contributed by atoms with Gasteiger partial charge in [-0.3, -0.25) is 0 Å². The van der Waals surface area contributed by atoms with Crippen LogP contribution in [0.25, 0.3) is 11.3 Å². The average molecular weight is 282 g/mol. The third-order valence-electron chi connectivity index (χ3n) is 2.62. The molecule has 1 N–H and O–H groups in total. The normalized spacial score (nSPS) is 11.3. The van der Waals surface area contributed by atoms with Gasteiger partial charge in [-0.05, 0) is 12.1 Å². The highest BCUT2D eigenvalue weighted by Crippen LogP contribution is 2.31. The molecule has 0 saturated carbocycles. The van der Waals surface area contributed by atoms with Gasteiger partial charge in [0.25, 0.3) is 0 Å². The van der Waals surface area contributed by atoms with E-state index < -0.39 is 6.61 Å². The van der Waals surface area contributed by atoms with Crippen LogP contribution in [0.4, 0.5) is 8.78 Å². The number of ether oxygens (including phenoxy) is 1. The van der Waals surface area contributed by atoms with Crippen LogP contribution in [0.3, 0.4) is 0 Å². The highest BCUT2D eigenvalue weighted by molar-refractivity contribution is 5.65. The predicted octanol–water partition coefficient (Wildman–Crippen LogP) is 3.44. The van der Waals surface area contributed by atoms with Crippen LogP contribution in [0, 0.1) is 0 Å². The Morgan fingerprint density at radius 3 is 2.75 bits per heavy atom. The van der Waals surface area contributed by atoms with Crippen LogP contribution in [-0.2, 0) is 6.54 Å². The summed E-state index contributed by atoms with van der Waals surface area (Å²) >= 11 is 0. The summed E-state index contributed by atoms with van der Waals surface area (Å²) in [5.41, 5.74) is 1.16. The van der Waals surface area contributed by atoms with E-state index in [-0.39, 0.29) is 5.75 Å². The smallest absolute Gasteiger partial charge is 0.387 e. The predicted molar refractivity (Wildman–Crippen MR) is 70.5 cm³/mol. The summed E-state index contributed by atoms with van der Waals surface area (Å²) in [5.74, 6) is 0.476. The van der Waals surface area contributed by atoms with Crippen molar-refractivity contribution < 1.29 is 18.0 Å². The summed E-state index contributed by atoms with van der Waals surface area (Å²) in [6.45, 7) is 1.72. The first-order chi connectivity index (χ1) is 9.56. The van der Waals surface area contributed by atoms with Crippen molar-refractivity contribution in [3.05, 3.63) is 36.0 Å². The minimum atomic E-state index is -2.87. The molecule has 0 aliphatic rings. The Morgan fingerprint density at radius 2 is 2.05 bits per heavy atom. The number of hydrogen-bond acceptors (Lipinski definition) is 4. The van der Waals surface area contributed by atoms with E-state index in [4.69, 9.17) is 4.52 Å². The van der Waals surface area contributed by atoms with Crippen molar-refractivity contribution in [3.8, 4) is 17.1 Å². The topological polar surface area (TPSA) is 47.3 Å². The van der Waals surface area contributed by atoms with Crippen LogP contribution < -0.4 is 10.1 Å². The monoisotopic (exact) mass is 282 g/mol. The number of halogens is 2. The van der Waals surface area contributed by atoms with Gasteiger partial charge in [0, 0.05) is 18.7 Å². The third kappa shape index (κ3) is 3.77. The molecule has 0 fully saturated rings. The van der Waals surface area contributed by atoms with Crippen LogP contribution in [0.1, 0.15) is 19.5 Å². The van der Waals surface area contributed by atoms with Crippen LogP contribution in [0.5, 0.6) is 5.75 Å². The number of nitrogens with one attached hydrogen (secondary N) is 1. The molecule has 0 radical (unpaired) electrons. The summed E-state index contributed by atoms with van der Waals surface area (Å²) in [4.78, 5) is 0. The Balaban J connectivity index is 2.19. The number of alkyl halides is 2. The van der Waals surface area contributed by atoms with E-state index in [2.05, 4.69) is 15.2 Å². The van der Waals surface area contributed by atoms with E-state index in [1.54, 1.807) is 24.3 Å². The summed E-state index contributed by atoms with van der Waals surface area (Å²) in [7, 11) is 0. The molecule has 0 aliphatic heterocycles. The van der Waals surface area contributed by atoms with E-state index in [1.165, 1.54) is 6.07 Å². The number of benzene rings is 1. The van der Waals surface area contributed by atoms with Crippen LogP contribution in [-0.4, -0.2) is 17.8 Å². The van der Waals surface area contributed by atoms with Crippen LogP contribution >= 0.6 is 0 Å². The van der Waals surface area contributed by atoms with E-state index in [1.807, 2.05) is 13.8 Å². The minimum absolute atomic E-state index is 0.0713. The SMILES string of the molecule is CC(C)NCc1cc(-c2ccccc2OC(F)F)on1. The van der Waals surface area contributed by atoms with Crippen molar-refractivity contribution in [1.29, 1.82) is 0 Å². The summed E-state index contributed by atoms with van der Waals surface area (Å²) in [6.07, 6.45) is 0. The quantitative estimate of drug-likeness (QED) is 0.881. The first-order valence-electron chi connectivity index (χ1n) is 6.29. The Morgan fingerprint density at radius 1 is 1.30 bits per heavy atom. The summed E-state index contributed by atoms with van der Waals surface area (Å²) < 4.78 is 34.4. The number of nitrogens with zero attached hydrogens (tertiary/aromatic N) is 1. The number of para-hydroxylation sites is 1. The van der Waals surface area contributed by atoms with Crippen LogP contribution in [0.15, 0.2) is 34.9 Å². The lowest BCUT2D eigenvalue weighted by Crippen LogP contribution is -2.21. The molecule has 1 aromatic heterocycles. The van der Waals surface area contributed by atoms with Crippen molar-refractivity contribution in [2.75, 3.05) is 0 Å². The highest BCUT2D eigenvalue weighted by atomic mass is 19.3.